The van der Waals surface area contributed by atoms with E-state index in [1.807, 2.05) is 19.1 Å². The smallest absolute Gasteiger partial charge is 0.274 e. The minimum Gasteiger partial charge on any atom is -0.350 e. The first kappa shape index (κ1) is 19.9. The Hall–Kier alpha value is -3.03. The zero-order valence-electron chi connectivity index (χ0n) is 17.5. The van der Waals surface area contributed by atoms with Crippen LogP contribution in [-0.4, -0.2) is 45.0 Å². The van der Waals surface area contributed by atoms with Crippen LogP contribution < -0.4 is 10.9 Å². The van der Waals surface area contributed by atoms with Gasteiger partial charge in [0.1, 0.15) is 6.54 Å². The molecule has 31 heavy (non-hydrogen) atoms. The quantitative estimate of drug-likeness (QED) is 0.708. The Balaban J connectivity index is 1.26. The van der Waals surface area contributed by atoms with Crippen LogP contribution in [0.5, 0.6) is 0 Å². The van der Waals surface area contributed by atoms with E-state index in [0.717, 1.165) is 29.5 Å². The number of amides is 3. The number of benzene rings is 1. The summed E-state index contributed by atoms with van der Waals surface area (Å²) in [5.41, 5.74) is -0.209. The van der Waals surface area contributed by atoms with Crippen molar-refractivity contribution in [1.82, 2.24) is 20.0 Å². The van der Waals surface area contributed by atoms with E-state index in [-0.39, 0.29) is 54.2 Å². The summed E-state index contributed by atoms with van der Waals surface area (Å²) in [6.07, 6.45) is 5.22. The molecule has 1 aromatic heterocycles. The molecule has 2 aliphatic carbocycles. The van der Waals surface area contributed by atoms with E-state index in [4.69, 9.17) is 0 Å². The van der Waals surface area contributed by atoms with Crippen molar-refractivity contribution in [2.45, 2.75) is 45.2 Å². The molecule has 1 aromatic carbocycles. The van der Waals surface area contributed by atoms with Crippen molar-refractivity contribution in [3.63, 3.8) is 0 Å². The monoisotopic (exact) mass is 422 g/mol. The van der Waals surface area contributed by atoms with E-state index >= 15 is 0 Å². The maximum Gasteiger partial charge on any atom is 0.274 e. The van der Waals surface area contributed by atoms with E-state index in [2.05, 4.69) is 10.4 Å². The van der Waals surface area contributed by atoms with Gasteiger partial charge in [-0.05, 0) is 43.6 Å². The van der Waals surface area contributed by atoms with E-state index in [1.165, 1.54) is 4.68 Å². The lowest BCUT2D eigenvalue weighted by molar-refractivity contribution is -0.144. The normalized spacial score (nSPS) is 27.7. The molecule has 1 aliphatic heterocycles. The van der Waals surface area contributed by atoms with Gasteiger partial charge in [0.15, 0.2) is 0 Å². The Labute approximate surface area is 179 Å². The Kier molecular flexibility index (Phi) is 4.87. The molecule has 3 amide bonds. The predicted molar refractivity (Wildman–Crippen MR) is 113 cm³/mol. The maximum atomic E-state index is 12.8. The Morgan fingerprint density at radius 1 is 1.13 bits per heavy atom. The Bertz CT molecular complexity index is 1100. The molecule has 0 unspecified atom stereocenters. The molecular formula is C23H26N4O4. The first-order valence-corrected chi connectivity index (χ1v) is 11.1. The van der Waals surface area contributed by atoms with Crippen LogP contribution in [0.1, 0.15) is 32.6 Å². The number of hydrogen-bond donors (Lipinski definition) is 1. The highest BCUT2D eigenvalue weighted by atomic mass is 16.2. The van der Waals surface area contributed by atoms with Gasteiger partial charge in [-0.25, -0.2) is 4.68 Å². The highest BCUT2D eigenvalue weighted by Crippen LogP contribution is 2.56. The fourth-order valence-electron chi connectivity index (χ4n) is 5.79. The summed E-state index contributed by atoms with van der Waals surface area (Å²) >= 11 is 0. The molecule has 0 spiro atoms. The number of likely N-dealkylation sites (tertiary alicyclic amines) is 1. The summed E-state index contributed by atoms with van der Waals surface area (Å²) in [6.45, 7) is 1.88. The van der Waals surface area contributed by atoms with Gasteiger partial charge in [0, 0.05) is 11.4 Å². The summed E-state index contributed by atoms with van der Waals surface area (Å²) in [7, 11) is 0. The molecule has 2 heterocycles. The van der Waals surface area contributed by atoms with Crippen LogP contribution in [-0.2, 0) is 20.9 Å². The van der Waals surface area contributed by atoms with Crippen LogP contribution in [0.2, 0.25) is 0 Å². The van der Waals surface area contributed by atoms with Crippen LogP contribution >= 0.6 is 0 Å². The highest BCUT2D eigenvalue weighted by molar-refractivity contribution is 6.08. The Morgan fingerprint density at radius 3 is 2.48 bits per heavy atom. The van der Waals surface area contributed by atoms with Gasteiger partial charge in [-0.2, -0.15) is 5.10 Å². The average Bonchev–Trinajstić information content (AvgIpc) is 3.45. The number of carbonyl (C=O) groups is 3. The zero-order valence-corrected chi connectivity index (χ0v) is 17.5. The molecule has 8 heteroatoms. The summed E-state index contributed by atoms with van der Waals surface area (Å²) < 4.78 is 1.35. The van der Waals surface area contributed by atoms with Gasteiger partial charge >= 0.3 is 0 Å². The second kappa shape index (κ2) is 7.59. The summed E-state index contributed by atoms with van der Waals surface area (Å²) in [5, 5.41) is 8.45. The van der Waals surface area contributed by atoms with Crippen LogP contribution in [0.25, 0.3) is 10.8 Å². The molecule has 0 radical (unpaired) electrons. The topological polar surface area (TPSA) is 101 Å². The number of hydrogen-bond acceptors (Lipinski definition) is 5. The van der Waals surface area contributed by atoms with E-state index in [1.54, 1.807) is 18.3 Å². The third kappa shape index (κ3) is 3.25. The second-order valence-electron chi connectivity index (χ2n) is 9.04. The Morgan fingerprint density at radius 2 is 1.81 bits per heavy atom. The summed E-state index contributed by atoms with van der Waals surface area (Å²) in [4.78, 5) is 52.2. The van der Waals surface area contributed by atoms with Crippen molar-refractivity contribution in [3.05, 3.63) is 40.8 Å². The molecular weight excluding hydrogens is 396 g/mol. The van der Waals surface area contributed by atoms with Crippen molar-refractivity contribution in [2.24, 2.45) is 23.7 Å². The molecule has 8 nitrogen and oxygen atoms in total. The van der Waals surface area contributed by atoms with E-state index in [0.29, 0.717) is 23.6 Å². The number of carbonyl (C=O) groups excluding carboxylic acids is 3. The predicted octanol–water partition coefficient (Wildman–Crippen LogP) is 1.32. The minimum atomic E-state index is -0.380. The molecule has 1 N–H and O–H groups in total. The number of nitrogens with one attached hydrogen (secondary N) is 1. The minimum absolute atomic E-state index is 0.183. The number of fused-ring (bicyclic) bond motifs is 6. The number of imide groups is 1. The van der Waals surface area contributed by atoms with Gasteiger partial charge in [0.25, 0.3) is 5.56 Å². The SMILES string of the molecule is CC[C@H](Cn1ncc2ccccc2c1=O)NC(=O)CN1C(=O)[C@@H]2[C@H]3CC[C@@H](C3)[C@H]2C1=O. The second-order valence-corrected chi connectivity index (χ2v) is 9.04. The highest BCUT2D eigenvalue weighted by Gasteiger charge is 2.60. The van der Waals surface area contributed by atoms with Gasteiger partial charge in [-0.3, -0.25) is 24.1 Å². The first-order chi connectivity index (χ1) is 15.0. The van der Waals surface area contributed by atoms with E-state index in [9.17, 15) is 19.2 Å². The third-order valence-electron chi connectivity index (χ3n) is 7.33. The van der Waals surface area contributed by atoms with Crippen molar-refractivity contribution < 1.29 is 14.4 Å². The zero-order chi connectivity index (χ0) is 21.7. The van der Waals surface area contributed by atoms with E-state index < -0.39 is 0 Å². The molecule has 2 aromatic rings. The molecule has 5 atom stereocenters. The molecule has 162 valence electrons. The van der Waals surface area contributed by atoms with Crippen molar-refractivity contribution >= 4 is 28.5 Å². The van der Waals surface area contributed by atoms with Gasteiger partial charge in [-0.15, -0.1) is 0 Å². The number of nitrogens with zero attached hydrogens (tertiary/aromatic N) is 3. The number of rotatable bonds is 6. The lowest BCUT2D eigenvalue weighted by Gasteiger charge is -2.21. The standard InChI is InChI=1S/C23H26N4O4/c1-2-16(11-27-21(29)17-6-4-3-5-15(17)10-24-27)25-18(28)12-26-22(30)19-13-7-8-14(9-13)20(19)23(26)31/h3-6,10,13-14,16,19-20H,2,7-9,11-12H2,1H3,(H,25,28)/t13-,14-,16+,19+,20+/m0/s1. The fraction of sp³-hybridized carbons (Fsp3) is 0.522. The van der Waals surface area contributed by atoms with Crippen molar-refractivity contribution in [2.75, 3.05) is 6.54 Å². The van der Waals surface area contributed by atoms with Crippen molar-refractivity contribution in [1.29, 1.82) is 0 Å². The van der Waals surface area contributed by atoms with Gasteiger partial charge in [-0.1, -0.05) is 25.1 Å². The molecule has 2 saturated carbocycles. The van der Waals surface area contributed by atoms with Gasteiger partial charge < -0.3 is 5.32 Å². The van der Waals surface area contributed by atoms with Crippen LogP contribution in [0.15, 0.2) is 35.3 Å². The molecule has 3 aliphatic rings. The van der Waals surface area contributed by atoms with Gasteiger partial charge in [0.2, 0.25) is 17.7 Å². The fourth-order valence-corrected chi connectivity index (χ4v) is 5.79. The first-order valence-electron chi connectivity index (χ1n) is 11.1. The summed E-state index contributed by atoms with van der Waals surface area (Å²) in [5.74, 6) is -0.587. The average molecular weight is 422 g/mol. The largest absolute Gasteiger partial charge is 0.350 e. The molecule has 3 fully saturated rings. The molecule has 5 rings (SSSR count). The summed E-state index contributed by atoms with van der Waals surface area (Å²) in [6, 6.07) is 6.91. The van der Waals surface area contributed by atoms with Crippen molar-refractivity contribution in [3.8, 4) is 0 Å². The number of aromatic nitrogens is 2. The van der Waals surface area contributed by atoms with Gasteiger partial charge in [0.05, 0.1) is 30.0 Å². The van der Waals surface area contributed by atoms with Crippen LogP contribution in [0.3, 0.4) is 0 Å². The lowest BCUT2D eigenvalue weighted by atomic mass is 9.81. The third-order valence-corrected chi connectivity index (χ3v) is 7.33. The van der Waals surface area contributed by atoms with Crippen LogP contribution in [0.4, 0.5) is 0 Å². The molecule has 2 bridgehead atoms. The maximum absolute atomic E-state index is 12.8. The van der Waals surface area contributed by atoms with Crippen LogP contribution in [0, 0.1) is 23.7 Å². The lowest BCUT2D eigenvalue weighted by Crippen LogP contribution is -2.46. The molecule has 1 saturated heterocycles.